The molecule has 0 aromatic heterocycles. The molecule has 0 radical (unpaired) electrons. The molecule has 1 aliphatic rings. The fourth-order valence-corrected chi connectivity index (χ4v) is 1.58. The van der Waals surface area contributed by atoms with Crippen LogP contribution in [-0.4, -0.2) is 35.5 Å². The van der Waals surface area contributed by atoms with E-state index in [4.69, 9.17) is 5.11 Å². The number of allylic oxidation sites excluding steroid dienone is 2. The van der Waals surface area contributed by atoms with Crippen LogP contribution in [0.2, 0.25) is 0 Å². The summed E-state index contributed by atoms with van der Waals surface area (Å²) in [7, 11) is 1.38. The average Bonchev–Trinajstić information content (AvgIpc) is 2.13. The number of hydrogen-bond acceptors (Lipinski definition) is 2. The lowest BCUT2D eigenvalue weighted by atomic mass is 9.96. The van der Waals surface area contributed by atoms with Crippen LogP contribution in [0.15, 0.2) is 23.6 Å². The van der Waals surface area contributed by atoms with E-state index in [1.54, 1.807) is 13.0 Å². The lowest BCUT2D eigenvalue weighted by molar-refractivity contribution is -0.142. The zero-order chi connectivity index (χ0) is 12.3. The van der Waals surface area contributed by atoms with Crippen molar-refractivity contribution in [1.82, 2.24) is 4.90 Å². The molecule has 0 fully saturated rings. The normalized spacial score (nSPS) is 19.8. The van der Waals surface area contributed by atoms with Gasteiger partial charge < -0.3 is 10.0 Å². The molecule has 88 valence electrons. The summed E-state index contributed by atoms with van der Waals surface area (Å²) in [5, 5.41) is 8.53. The minimum Gasteiger partial charge on any atom is -0.480 e. The summed E-state index contributed by atoms with van der Waals surface area (Å²) in [6.45, 7) is 1.41. The first-order chi connectivity index (χ1) is 7.40. The van der Waals surface area contributed by atoms with Crippen molar-refractivity contribution in [2.24, 2.45) is 5.92 Å². The van der Waals surface area contributed by atoms with Crippen molar-refractivity contribution in [3.8, 4) is 0 Å². The highest BCUT2D eigenvalue weighted by atomic mass is 19.1. The SMILES string of the molecule is CC1C=C(C(=O)N(C)CC(=O)O)C=C(F)C1. The Bertz CT molecular complexity index is 373. The Morgan fingerprint density at radius 2 is 2.25 bits per heavy atom. The third-order valence-electron chi connectivity index (χ3n) is 2.26. The fraction of sp³-hybridized carbons (Fsp3) is 0.455. The number of hydrogen-bond donors (Lipinski definition) is 1. The molecule has 1 unspecified atom stereocenters. The van der Waals surface area contributed by atoms with Crippen molar-refractivity contribution < 1.29 is 19.1 Å². The number of likely N-dealkylation sites (N-methyl/N-ethyl adjacent to an activating group) is 1. The van der Waals surface area contributed by atoms with Gasteiger partial charge in [0.2, 0.25) is 0 Å². The first kappa shape index (κ1) is 12.4. The van der Waals surface area contributed by atoms with Gasteiger partial charge in [0.05, 0.1) is 0 Å². The van der Waals surface area contributed by atoms with E-state index in [2.05, 4.69) is 0 Å². The second-order valence-electron chi connectivity index (χ2n) is 3.95. The second-order valence-corrected chi connectivity index (χ2v) is 3.95. The Balaban J connectivity index is 2.77. The third-order valence-corrected chi connectivity index (χ3v) is 2.26. The minimum atomic E-state index is -1.09. The molecule has 0 heterocycles. The average molecular weight is 227 g/mol. The monoisotopic (exact) mass is 227 g/mol. The van der Waals surface area contributed by atoms with E-state index in [1.165, 1.54) is 13.1 Å². The van der Waals surface area contributed by atoms with E-state index in [-0.39, 0.29) is 23.9 Å². The van der Waals surface area contributed by atoms with E-state index in [1.807, 2.05) is 0 Å². The van der Waals surface area contributed by atoms with Crippen LogP contribution in [0.25, 0.3) is 0 Å². The maximum absolute atomic E-state index is 13.1. The number of carbonyl (C=O) groups is 2. The maximum Gasteiger partial charge on any atom is 0.323 e. The van der Waals surface area contributed by atoms with Gasteiger partial charge in [-0.25, -0.2) is 4.39 Å². The molecule has 0 aromatic carbocycles. The van der Waals surface area contributed by atoms with Crippen LogP contribution in [0.1, 0.15) is 13.3 Å². The molecule has 1 aliphatic carbocycles. The first-order valence-corrected chi connectivity index (χ1v) is 4.95. The Morgan fingerprint density at radius 1 is 1.62 bits per heavy atom. The topological polar surface area (TPSA) is 57.6 Å². The molecular weight excluding hydrogens is 213 g/mol. The van der Waals surface area contributed by atoms with Gasteiger partial charge in [-0.05, 0) is 12.0 Å². The molecule has 16 heavy (non-hydrogen) atoms. The summed E-state index contributed by atoms with van der Waals surface area (Å²) in [5.41, 5.74) is 0.222. The van der Waals surface area contributed by atoms with E-state index in [9.17, 15) is 14.0 Å². The highest BCUT2D eigenvalue weighted by Gasteiger charge is 2.20. The number of rotatable bonds is 3. The fourth-order valence-electron chi connectivity index (χ4n) is 1.58. The van der Waals surface area contributed by atoms with Crippen LogP contribution in [0, 0.1) is 5.92 Å². The molecule has 0 bridgehead atoms. The quantitative estimate of drug-likeness (QED) is 0.791. The van der Waals surface area contributed by atoms with Gasteiger partial charge in [-0.3, -0.25) is 9.59 Å². The van der Waals surface area contributed by atoms with Gasteiger partial charge in [0.25, 0.3) is 5.91 Å². The number of halogens is 1. The summed E-state index contributed by atoms with van der Waals surface area (Å²) in [6, 6.07) is 0. The largest absolute Gasteiger partial charge is 0.480 e. The Morgan fingerprint density at radius 3 is 2.75 bits per heavy atom. The van der Waals surface area contributed by atoms with Gasteiger partial charge in [-0.2, -0.15) is 0 Å². The molecule has 0 aliphatic heterocycles. The van der Waals surface area contributed by atoms with E-state index in [0.717, 1.165) is 4.90 Å². The number of carbonyl (C=O) groups excluding carboxylic acids is 1. The zero-order valence-electron chi connectivity index (χ0n) is 9.24. The molecule has 0 saturated carbocycles. The van der Waals surface area contributed by atoms with E-state index >= 15 is 0 Å². The van der Waals surface area contributed by atoms with Crippen molar-refractivity contribution in [3.63, 3.8) is 0 Å². The van der Waals surface area contributed by atoms with Crippen molar-refractivity contribution in [3.05, 3.63) is 23.6 Å². The van der Waals surface area contributed by atoms with Crippen LogP contribution in [0.4, 0.5) is 4.39 Å². The van der Waals surface area contributed by atoms with Crippen LogP contribution in [0.3, 0.4) is 0 Å². The molecule has 1 rings (SSSR count). The summed E-state index contributed by atoms with van der Waals surface area (Å²) < 4.78 is 13.1. The molecule has 0 spiro atoms. The van der Waals surface area contributed by atoms with Gasteiger partial charge in [0, 0.05) is 19.0 Å². The van der Waals surface area contributed by atoms with Crippen molar-refractivity contribution in [2.45, 2.75) is 13.3 Å². The molecule has 0 aromatic rings. The summed E-state index contributed by atoms with van der Waals surface area (Å²) >= 11 is 0. The molecule has 1 amide bonds. The summed E-state index contributed by atoms with van der Waals surface area (Å²) in [6.07, 6.45) is 3.11. The molecular formula is C11H14FNO3. The van der Waals surface area contributed by atoms with Crippen LogP contribution in [0.5, 0.6) is 0 Å². The molecule has 1 atom stereocenters. The molecule has 1 N–H and O–H groups in total. The van der Waals surface area contributed by atoms with Gasteiger partial charge in [-0.1, -0.05) is 13.0 Å². The van der Waals surface area contributed by atoms with Crippen molar-refractivity contribution in [2.75, 3.05) is 13.6 Å². The summed E-state index contributed by atoms with van der Waals surface area (Å²) in [4.78, 5) is 23.2. The number of amides is 1. The maximum atomic E-state index is 13.1. The predicted molar refractivity (Wildman–Crippen MR) is 56.3 cm³/mol. The molecule has 4 nitrogen and oxygen atoms in total. The van der Waals surface area contributed by atoms with Crippen LogP contribution >= 0.6 is 0 Å². The highest BCUT2D eigenvalue weighted by molar-refractivity contribution is 5.97. The Kier molecular flexibility index (Phi) is 3.82. The van der Waals surface area contributed by atoms with Crippen LogP contribution in [-0.2, 0) is 9.59 Å². The number of carboxylic acid groups (broad SMARTS) is 1. The predicted octanol–water partition coefficient (Wildman–Crippen LogP) is 1.35. The molecule has 5 heteroatoms. The van der Waals surface area contributed by atoms with Gasteiger partial charge in [0.1, 0.15) is 12.4 Å². The van der Waals surface area contributed by atoms with Gasteiger partial charge in [-0.15, -0.1) is 0 Å². The molecule has 0 saturated heterocycles. The first-order valence-electron chi connectivity index (χ1n) is 4.95. The van der Waals surface area contributed by atoms with Gasteiger partial charge >= 0.3 is 5.97 Å². The second kappa shape index (κ2) is 4.92. The van der Waals surface area contributed by atoms with E-state index in [0.29, 0.717) is 6.42 Å². The lowest BCUT2D eigenvalue weighted by Gasteiger charge is -2.19. The van der Waals surface area contributed by atoms with Crippen molar-refractivity contribution in [1.29, 1.82) is 0 Å². The smallest absolute Gasteiger partial charge is 0.323 e. The summed E-state index contributed by atoms with van der Waals surface area (Å²) in [5.74, 6) is -1.95. The highest BCUT2D eigenvalue weighted by Crippen LogP contribution is 2.23. The Labute approximate surface area is 93.0 Å². The zero-order valence-corrected chi connectivity index (χ0v) is 9.24. The van der Waals surface area contributed by atoms with Gasteiger partial charge in [0.15, 0.2) is 0 Å². The van der Waals surface area contributed by atoms with E-state index < -0.39 is 11.9 Å². The third kappa shape index (κ3) is 3.18. The number of carboxylic acids is 1. The lowest BCUT2D eigenvalue weighted by Crippen LogP contribution is -2.33. The minimum absolute atomic E-state index is 0.0396. The number of aliphatic carboxylic acids is 1. The number of nitrogens with zero attached hydrogens (tertiary/aromatic N) is 1. The standard InChI is InChI=1S/C11H14FNO3/c1-7-3-8(5-9(12)4-7)11(16)13(2)6-10(14)15/h3,5,7H,4,6H2,1-2H3,(H,14,15). The Hall–Kier alpha value is -1.65. The van der Waals surface area contributed by atoms with Crippen LogP contribution < -0.4 is 0 Å². The van der Waals surface area contributed by atoms with Crippen molar-refractivity contribution >= 4 is 11.9 Å².